The molecule has 0 radical (unpaired) electrons. The first-order chi connectivity index (χ1) is 45.6. The van der Waals surface area contributed by atoms with Crippen LogP contribution in [0.25, 0.3) is 133 Å². The number of fused-ring (bicyclic) bond motifs is 17. The van der Waals surface area contributed by atoms with Gasteiger partial charge in [-0.2, -0.15) is 0 Å². The summed E-state index contributed by atoms with van der Waals surface area (Å²) >= 11 is 0. The van der Waals surface area contributed by atoms with Gasteiger partial charge >= 0.3 is 18.9 Å². The van der Waals surface area contributed by atoms with Crippen LogP contribution < -0.4 is 29.0 Å². The van der Waals surface area contributed by atoms with Gasteiger partial charge in [-0.15, -0.1) is 0 Å². The zero-order valence-electron chi connectivity index (χ0n) is 50.9. The Morgan fingerprint density at radius 2 is 0.656 bits per heavy atom. The van der Waals surface area contributed by atoms with Crippen molar-refractivity contribution in [2.75, 3.05) is 0 Å². The number of benzene rings is 13. The molecular formula is C85H56LiN6O+. The number of nitrogens with zero attached hydrogens (tertiary/aromatic N) is 5. The molecule has 0 saturated carbocycles. The quantitative estimate of drug-likeness (QED) is 0.155. The number of rotatable bonds is 6. The van der Waals surface area contributed by atoms with Gasteiger partial charge in [0.15, 0.2) is 23.7 Å². The summed E-state index contributed by atoms with van der Waals surface area (Å²) in [6.45, 7) is 0. The van der Waals surface area contributed by atoms with Gasteiger partial charge in [0.2, 0.25) is 5.52 Å². The summed E-state index contributed by atoms with van der Waals surface area (Å²) < 4.78 is 4.76. The third-order valence-corrected chi connectivity index (χ3v) is 18.3. The van der Waals surface area contributed by atoms with Gasteiger partial charge in [-0.1, -0.05) is 255 Å². The number of aromatic nitrogens is 6. The van der Waals surface area contributed by atoms with Gasteiger partial charge in [0.05, 0.1) is 27.5 Å². The van der Waals surface area contributed by atoms with E-state index in [0.29, 0.717) is 23.0 Å². The average molecular weight is 1180 g/mol. The molecule has 4 aromatic heterocycles. The zero-order chi connectivity index (χ0) is 61.1. The predicted octanol–water partition coefficient (Wildman–Crippen LogP) is 16.5. The number of hydrogen-bond donors (Lipinski definition) is 0. The summed E-state index contributed by atoms with van der Waals surface area (Å²) in [5.74, 6) is 2.05. The number of hydrogen-bond acceptors (Lipinski definition) is 4. The van der Waals surface area contributed by atoms with Crippen molar-refractivity contribution in [2.24, 2.45) is 0 Å². The molecule has 1 N–H and O–H groups in total. The average Bonchev–Trinajstić information content (AvgIpc) is 1.51. The minimum Gasteiger partial charge on any atom is -0.868 e. The maximum absolute atomic E-state index is 11.1. The monoisotopic (exact) mass is 1180 g/mol. The topological polar surface area (TPSA) is 85.7 Å². The molecule has 2 aliphatic rings. The van der Waals surface area contributed by atoms with E-state index in [0.717, 1.165) is 22.1 Å². The molecule has 4 heterocycles. The molecule has 0 fully saturated rings. The fourth-order valence-electron chi connectivity index (χ4n) is 14.4. The molecule has 7 nitrogen and oxygen atoms in total. The van der Waals surface area contributed by atoms with E-state index in [9.17, 15) is 5.11 Å². The maximum atomic E-state index is 11.1. The molecule has 8 heteroatoms. The van der Waals surface area contributed by atoms with E-state index in [-0.39, 0.29) is 30.0 Å². The third kappa shape index (κ3) is 9.52. The Morgan fingerprint density at radius 3 is 1.12 bits per heavy atom. The van der Waals surface area contributed by atoms with Crippen molar-refractivity contribution in [3.8, 4) is 84.7 Å². The number of nitrogens with one attached hydrogen (secondary N) is 1. The molecule has 93 heavy (non-hydrogen) atoms. The second-order valence-electron chi connectivity index (χ2n) is 23.4. The van der Waals surface area contributed by atoms with Crippen LogP contribution in [0.15, 0.2) is 334 Å². The Balaban J connectivity index is 0.000000126. The van der Waals surface area contributed by atoms with Crippen LogP contribution in [0.3, 0.4) is 0 Å². The van der Waals surface area contributed by atoms with Gasteiger partial charge in [-0.25, -0.2) is 19.9 Å². The molecule has 432 valence electrons. The largest absolute Gasteiger partial charge is 1.00 e. The first kappa shape index (κ1) is 56.5. The molecule has 0 unspecified atom stereocenters. The van der Waals surface area contributed by atoms with Crippen LogP contribution in [0.4, 0.5) is 0 Å². The van der Waals surface area contributed by atoms with Gasteiger partial charge < -0.3 is 14.2 Å². The van der Waals surface area contributed by atoms with E-state index >= 15 is 0 Å². The minimum atomic E-state index is -0.360. The number of pyridine rings is 1. The van der Waals surface area contributed by atoms with E-state index in [4.69, 9.17) is 15.0 Å². The van der Waals surface area contributed by atoms with Crippen molar-refractivity contribution in [2.45, 2.75) is 5.41 Å². The van der Waals surface area contributed by atoms with Gasteiger partial charge in [0.25, 0.3) is 0 Å². The SMILES string of the molecule is [Li+].[O-]c1cccc2ccc[nH+]c12.c1cc(-c2cccc(-n3c4ccccc4c4ccccc43)c2)cc(-n2c3ccccc3c3ccccc32)c1.c1ccc(-c2nc(-c3ccccc3)nc(-c3ccc4c(c3)-c3ccccc3C43c4ccccc4-c4ccccc43)n2)cc1. The summed E-state index contributed by atoms with van der Waals surface area (Å²) in [5.41, 5.74) is 23.3. The van der Waals surface area contributed by atoms with E-state index in [1.165, 1.54) is 111 Å². The van der Waals surface area contributed by atoms with Crippen molar-refractivity contribution < 1.29 is 29.0 Å². The molecule has 0 aliphatic heterocycles. The molecule has 1 spiro atoms. The van der Waals surface area contributed by atoms with Crippen molar-refractivity contribution in [1.29, 1.82) is 0 Å². The summed E-state index contributed by atoms with van der Waals surface area (Å²) in [7, 11) is 0. The molecule has 13 aromatic carbocycles. The first-order valence-electron chi connectivity index (χ1n) is 31.1. The van der Waals surface area contributed by atoms with Crippen molar-refractivity contribution in [1.82, 2.24) is 24.1 Å². The zero-order valence-corrected chi connectivity index (χ0v) is 50.9. The van der Waals surface area contributed by atoms with Crippen molar-refractivity contribution in [3.05, 3.63) is 356 Å². The minimum absolute atomic E-state index is 0. The Labute approximate surface area is 550 Å². The standard InChI is InChI=1S/C40H25N3.C36H24N2.C9H7NO.Li/c1-3-13-26(14-4-1)37-41-38(27-15-5-2-6-16-27)43-39(42-37)28-23-24-36-32(25-28)31-19-9-12-22-35(31)40(36)33-20-10-7-17-29(33)30-18-8-11-21-34(30)40;1-5-19-33-29(15-1)30-16-2-6-20-34(30)37(33)27-13-9-11-25(23-27)26-12-10-14-28(24-26)38-35-21-7-3-17-31(35)32-18-4-8-22-36(32)38;11-8-5-1-3-7-4-2-6-10-9(7)8;/h1-25H;1-24H;1-6,11H;/q;;;+1. The van der Waals surface area contributed by atoms with Crippen LogP contribution in [0.1, 0.15) is 22.3 Å². The second kappa shape index (κ2) is 23.6. The molecule has 2 aliphatic carbocycles. The summed E-state index contributed by atoms with van der Waals surface area (Å²) in [4.78, 5) is 17.8. The van der Waals surface area contributed by atoms with E-state index in [2.05, 4.69) is 251 Å². The second-order valence-corrected chi connectivity index (χ2v) is 23.4. The third-order valence-electron chi connectivity index (χ3n) is 18.3. The van der Waals surface area contributed by atoms with Crippen LogP contribution in [-0.4, -0.2) is 24.1 Å². The van der Waals surface area contributed by atoms with E-state index in [1.54, 1.807) is 18.3 Å². The smallest absolute Gasteiger partial charge is 0.868 e. The molecular weight excluding hydrogens is 1130 g/mol. The van der Waals surface area contributed by atoms with Crippen molar-refractivity contribution >= 4 is 54.5 Å². The van der Waals surface area contributed by atoms with Crippen LogP contribution >= 0.6 is 0 Å². The first-order valence-corrected chi connectivity index (χ1v) is 31.1. The van der Waals surface area contributed by atoms with Crippen LogP contribution in [0.5, 0.6) is 5.75 Å². The Morgan fingerprint density at radius 1 is 0.290 bits per heavy atom. The predicted molar refractivity (Wildman–Crippen MR) is 373 cm³/mol. The fraction of sp³-hybridized carbons (Fsp3) is 0.0118. The Bertz CT molecular complexity index is 5330. The normalized spacial score (nSPS) is 12.1. The number of aromatic amines is 1. The van der Waals surface area contributed by atoms with Crippen LogP contribution in [-0.2, 0) is 5.41 Å². The molecule has 0 saturated heterocycles. The number of H-pyrrole nitrogens is 1. The maximum Gasteiger partial charge on any atom is 1.00 e. The van der Waals surface area contributed by atoms with Gasteiger partial charge in [0.1, 0.15) is 0 Å². The molecule has 17 aromatic rings. The van der Waals surface area contributed by atoms with E-state index < -0.39 is 0 Å². The Kier molecular flexibility index (Phi) is 14.3. The summed E-state index contributed by atoms with van der Waals surface area (Å²) in [6, 6.07) is 115. The summed E-state index contributed by atoms with van der Waals surface area (Å²) in [5, 5.41) is 17.2. The van der Waals surface area contributed by atoms with E-state index in [1.807, 2.05) is 78.9 Å². The molecule has 19 rings (SSSR count). The number of para-hydroxylation sites is 5. The molecule has 0 atom stereocenters. The van der Waals surface area contributed by atoms with Crippen molar-refractivity contribution in [3.63, 3.8) is 0 Å². The van der Waals surface area contributed by atoms with Crippen LogP contribution in [0, 0.1) is 0 Å². The Hall–Kier alpha value is -11.7. The fourth-order valence-corrected chi connectivity index (χ4v) is 14.4. The van der Waals surface area contributed by atoms with Crippen LogP contribution in [0.2, 0.25) is 0 Å². The van der Waals surface area contributed by atoms with Gasteiger partial charge in [0, 0.05) is 61.1 Å². The summed E-state index contributed by atoms with van der Waals surface area (Å²) in [6.07, 6.45) is 1.75. The van der Waals surface area contributed by atoms with Gasteiger partial charge in [-0.3, -0.25) is 0 Å². The van der Waals surface area contributed by atoms with Gasteiger partial charge in [-0.05, 0) is 128 Å². The molecule has 0 amide bonds. The molecule has 0 bridgehead atoms.